The van der Waals surface area contributed by atoms with Crippen LogP contribution in [0.25, 0.3) is 0 Å². The number of rotatable bonds is 4. The summed E-state index contributed by atoms with van der Waals surface area (Å²) in [6.45, 7) is 2.88. The monoisotopic (exact) mass is 283 g/mol. The lowest BCUT2D eigenvalue weighted by atomic mass is 9.88. The molecule has 8 heteroatoms. The normalized spacial score (nSPS) is 13.2. The van der Waals surface area contributed by atoms with E-state index in [0.717, 1.165) is 0 Å². The molecule has 0 heterocycles. The summed E-state index contributed by atoms with van der Waals surface area (Å²) in [6, 6.07) is 2.66. The van der Waals surface area contributed by atoms with Crippen molar-refractivity contribution in [2.45, 2.75) is 20.3 Å². The lowest BCUT2D eigenvalue weighted by Crippen LogP contribution is -2.32. The number of nitro benzene ring substituents is 1. The van der Waals surface area contributed by atoms with Crippen LogP contribution in [0.5, 0.6) is 0 Å². The second-order valence-electron chi connectivity index (χ2n) is 4.29. The van der Waals surface area contributed by atoms with Gasteiger partial charge in [-0.05, 0) is 13.3 Å². The van der Waals surface area contributed by atoms with Crippen molar-refractivity contribution >= 4 is 17.3 Å². The van der Waals surface area contributed by atoms with E-state index in [4.69, 9.17) is 5.26 Å². The van der Waals surface area contributed by atoms with Crippen molar-refractivity contribution in [1.82, 2.24) is 0 Å². The molecule has 1 amide bonds. The van der Waals surface area contributed by atoms with Gasteiger partial charge in [-0.3, -0.25) is 14.9 Å². The molecule has 0 radical (unpaired) electrons. The molecule has 1 N–H and O–H groups in total. The molecule has 0 fully saturated rings. The second kappa shape index (κ2) is 5.61. The van der Waals surface area contributed by atoms with E-state index in [1.54, 1.807) is 13.0 Å². The molecule has 0 aliphatic rings. The zero-order valence-electron chi connectivity index (χ0n) is 10.7. The largest absolute Gasteiger partial charge is 0.317 e. The molecule has 1 aromatic rings. The Balaban J connectivity index is 3.26. The quantitative estimate of drug-likeness (QED) is 0.678. The Hall–Kier alpha value is -2.56. The molecule has 0 saturated carbocycles. The minimum Gasteiger partial charge on any atom is -0.317 e. The molecule has 1 aromatic carbocycles. The Kier molecular flexibility index (Phi) is 4.34. The van der Waals surface area contributed by atoms with Crippen LogP contribution in [0.4, 0.5) is 20.2 Å². The fourth-order valence-electron chi connectivity index (χ4n) is 1.37. The maximum atomic E-state index is 13.6. The number of hydrogen-bond donors (Lipinski definition) is 1. The predicted molar refractivity (Wildman–Crippen MR) is 65.7 cm³/mol. The minimum absolute atomic E-state index is 0.131. The van der Waals surface area contributed by atoms with Gasteiger partial charge >= 0.3 is 0 Å². The molecule has 0 bridgehead atoms. The third-order valence-electron chi connectivity index (χ3n) is 2.92. The van der Waals surface area contributed by atoms with Gasteiger partial charge in [0.25, 0.3) is 5.69 Å². The highest BCUT2D eigenvalue weighted by Crippen LogP contribution is 2.31. The van der Waals surface area contributed by atoms with E-state index in [2.05, 4.69) is 0 Å². The molecular weight excluding hydrogens is 272 g/mol. The molecule has 106 valence electrons. The smallest absolute Gasteiger partial charge is 0.298 e. The number of hydrogen-bond acceptors (Lipinski definition) is 4. The summed E-state index contributed by atoms with van der Waals surface area (Å²) < 4.78 is 26.5. The number of amides is 1. The van der Waals surface area contributed by atoms with E-state index in [1.807, 2.05) is 5.32 Å². The molecule has 6 nitrogen and oxygen atoms in total. The van der Waals surface area contributed by atoms with Crippen molar-refractivity contribution in [1.29, 1.82) is 5.26 Å². The molecule has 1 rings (SSSR count). The molecule has 20 heavy (non-hydrogen) atoms. The molecule has 0 spiro atoms. The van der Waals surface area contributed by atoms with Gasteiger partial charge in [-0.1, -0.05) is 6.92 Å². The summed E-state index contributed by atoms with van der Waals surface area (Å²) in [5.41, 5.74) is -3.13. The van der Waals surface area contributed by atoms with Gasteiger partial charge in [0.05, 0.1) is 17.1 Å². The van der Waals surface area contributed by atoms with Gasteiger partial charge in [0.15, 0.2) is 11.5 Å². The summed E-state index contributed by atoms with van der Waals surface area (Å²) in [7, 11) is 0. The molecular formula is C12H11F2N3O3. The summed E-state index contributed by atoms with van der Waals surface area (Å²) >= 11 is 0. The summed E-state index contributed by atoms with van der Waals surface area (Å²) in [5.74, 6) is -3.30. The van der Waals surface area contributed by atoms with E-state index in [0.29, 0.717) is 12.1 Å². The van der Waals surface area contributed by atoms with Crippen LogP contribution in [0, 0.1) is 38.5 Å². The molecule has 0 saturated heterocycles. The lowest BCUT2D eigenvalue weighted by molar-refractivity contribution is -0.384. The number of nitrogens with one attached hydrogen (secondary N) is 1. The SMILES string of the molecule is CCC(C)(C#N)C(=O)Nc1c(F)cc(F)cc1[N+](=O)[O-]. The number of anilines is 1. The van der Waals surface area contributed by atoms with E-state index in [1.165, 1.54) is 6.92 Å². The third-order valence-corrected chi connectivity index (χ3v) is 2.92. The predicted octanol–water partition coefficient (Wildman–Crippen LogP) is 2.75. The van der Waals surface area contributed by atoms with Crippen LogP contribution in [-0.4, -0.2) is 10.8 Å². The van der Waals surface area contributed by atoms with Crippen LogP contribution in [-0.2, 0) is 4.79 Å². The van der Waals surface area contributed by atoms with Crippen LogP contribution in [0.3, 0.4) is 0 Å². The van der Waals surface area contributed by atoms with Crippen molar-refractivity contribution in [2.75, 3.05) is 5.32 Å². The number of halogens is 2. The van der Waals surface area contributed by atoms with Crippen LogP contribution < -0.4 is 5.32 Å². The number of nitrogens with zero attached hydrogens (tertiary/aromatic N) is 2. The average molecular weight is 283 g/mol. The van der Waals surface area contributed by atoms with Gasteiger partial charge in [0.1, 0.15) is 11.2 Å². The molecule has 1 atom stereocenters. The fraction of sp³-hybridized carbons (Fsp3) is 0.333. The van der Waals surface area contributed by atoms with Gasteiger partial charge in [0, 0.05) is 6.07 Å². The van der Waals surface area contributed by atoms with Crippen LogP contribution in [0.2, 0.25) is 0 Å². The van der Waals surface area contributed by atoms with Crippen LogP contribution >= 0.6 is 0 Å². The molecule has 1 unspecified atom stereocenters. The minimum atomic E-state index is -1.46. The van der Waals surface area contributed by atoms with Crippen molar-refractivity contribution in [3.8, 4) is 6.07 Å². The zero-order valence-corrected chi connectivity index (χ0v) is 10.7. The first-order valence-corrected chi connectivity index (χ1v) is 5.61. The maximum Gasteiger partial charge on any atom is 0.298 e. The number of benzene rings is 1. The van der Waals surface area contributed by atoms with Gasteiger partial charge in [0.2, 0.25) is 5.91 Å². The Labute approximate surface area is 113 Å². The number of carbonyl (C=O) groups excluding carboxylic acids is 1. The molecule has 0 aliphatic carbocycles. The van der Waals surface area contributed by atoms with E-state index >= 15 is 0 Å². The Morgan fingerprint density at radius 2 is 2.15 bits per heavy atom. The molecule has 0 aliphatic heterocycles. The second-order valence-corrected chi connectivity index (χ2v) is 4.29. The van der Waals surface area contributed by atoms with E-state index in [9.17, 15) is 23.7 Å². The maximum absolute atomic E-state index is 13.6. The first-order chi connectivity index (χ1) is 9.25. The first kappa shape index (κ1) is 15.5. The summed E-state index contributed by atoms with van der Waals surface area (Å²) in [4.78, 5) is 21.6. The highest BCUT2D eigenvalue weighted by molar-refractivity contribution is 5.98. The third kappa shape index (κ3) is 2.88. The van der Waals surface area contributed by atoms with Crippen molar-refractivity contribution in [2.24, 2.45) is 5.41 Å². The summed E-state index contributed by atoms with van der Waals surface area (Å²) in [5, 5.41) is 21.7. The summed E-state index contributed by atoms with van der Waals surface area (Å²) in [6.07, 6.45) is 0.131. The Morgan fingerprint density at radius 3 is 2.60 bits per heavy atom. The van der Waals surface area contributed by atoms with E-state index in [-0.39, 0.29) is 6.42 Å². The first-order valence-electron chi connectivity index (χ1n) is 5.61. The van der Waals surface area contributed by atoms with Crippen LogP contribution in [0.1, 0.15) is 20.3 Å². The fourth-order valence-corrected chi connectivity index (χ4v) is 1.37. The van der Waals surface area contributed by atoms with Crippen molar-refractivity contribution in [3.05, 3.63) is 33.9 Å². The highest BCUT2D eigenvalue weighted by Gasteiger charge is 2.33. The topological polar surface area (TPSA) is 96.0 Å². The van der Waals surface area contributed by atoms with Gasteiger partial charge < -0.3 is 5.32 Å². The van der Waals surface area contributed by atoms with Crippen molar-refractivity contribution in [3.63, 3.8) is 0 Å². The van der Waals surface area contributed by atoms with E-state index < -0.39 is 39.3 Å². The van der Waals surface area contributed by atoms with Gasteiger partial charge in [-0.25, -0.2) is 8.78 Å². The number of nitro groups is 1. The molecule has 0 aromatic heterocycles. The standard InChI is InChI=1S/C12H11F2N3O3/c1-3-12(2,6-15)11(18)16-10-8(14)4-7(13)5-9(10)17(19)20/h4-5H,3H2,1-2H3,(H,16,18). The van der Waals surface area contributed by atoms with Gasteiger partial charge in [-0.2, -0.15) is 5.26 Å². The lowest BCUT2D eigenvalue weighted by Gasteiger charge is -2.18. The Morgan fingerprint density at radius 1 is 1.55 bits per heavy atom. The van der Waals surface area contributed by atoms with Crippen molar-refractivity contribution < 1.29 is 18.5 Å². The number of nitriles is 1. The Bertz CT molecular complexity index is 613. The zero-order chi connectivity index (χ0) is 15.5. The van der Waals surface area contributed by atoms with Gasteiger partial charge in [-0.15, -0.1) is 0 Å². The highest BCUT2D eigenvalue weighted by atomic mass is 19.1. The van der Waals surface area contributed by atoms with Crippen LogP contribution in [0.15, 0.2) is 12.1 Å². The number of carbonyl (C=O) groups is 1. The average Bonchev–Trinajstić information content (AvgIpc) is 2.39.